The summed E-state index contributed by atoms with van der Waals surface area (Å²) in [6, 6.07) is 5.65. The van der Waals surface area contributed by atoms with Crippen LogP contribution in [0.15, 0.2) is 24.5 Å². The lowest BCUT2D eigenvalue weighted by atomic mass is 9.96. The van der Waals surface area contributed by atoms with Crippen LogP contribution in [0.2, 0.25) is 5.02 Å². The number of carbonyl (C=O) groups is 1. The fraction of sp³-hybridized carbons (Fsp3) is 0.333. The minimum Gasteiger partial charge on any atom is -0.383 e. The summed E-state index contributed by atoms with van der Waals surface area (Å²) in [5, 5.41) is 9.60. The van der Waals surface area contributed by atoms with Crippen LogP contribution in [0.3, 0.4) is 0 Å². The molecule has 1 saturated carbocycles. The molecule has 0 aliphatic heterocycles. The Labute approximate surface area is 177 Å². The predicted molar refractivity (Wildman–Crippen MR) is 118 cm³/mol. The maximum atomic E-state index is 12.0. The Balaban J connectivity index is 1.72. The molecule has 3 aromatic heterocycles. The smallest absolute Gasteiger partial charge is 0.251 e. The van der Waals surface area contributed by atoms with Crippen LogP contribution in [0.5, 0.6) is 0 Å². The first-order valence-corrected chi connectivity index (χ1v) is 10.5. The van der Waals surface area contributed by atoms with Crippen LogP contribution >= 0.6 is 11.6 Å². The Morgan fingerprint density at radius 1 is 1.27 bits per heavy atom. The van der Waals surface area contributed by atoms with E-state index in [1.165, 1.54) is 25.6 Å². The standard InChI is InChI=1S/C21H22ClN7O/c1-24-21(30)11-7-8-13-14(9-11)27-18(16(13)22)17-15-19(23)25-10-26-20(15)29(28-17)12-5-3-2-4-6-12/h7-10,12,27H,2-6H2,1H3,(H,24,30)(H2,23,25,26). The minimum absolute atomic E-state index is 0.158. The second kappa shape index (κ2) is 7.28. The average Bonchev–Trinajstić information content (AvgIpc) is 3.32. The number of benzene rings is 1. The normalized spacial score (nSPS) is 15.1. The van der Waals surface area contributed by atoms with E-state index in [0.29, 0.717) is 33.2 Å². The van der Waals surface area contributed by atoms with Crippen molar-refractivity contribution in [3.63, 3.8) is 0 Å². The number of nitrogen functional groups attached to an aromatic ring is 1. The topological polar surface area (TPSA) is 115 Å². The van der Waals surface area contributed by atoms with Gasteiger partial charge in [0, 0.05) is 23.5 Å². The van der Waals surface area contributed by atoms with Crippen molar-refractivity contribution in [2.75, 3.05) is 12.8 Å². The first kappa shape index (κ1) is 18.9. The lowest BCUT2D eigenvalue weighted by Crippen LogP contribution is -2.17. The lowest BCUT2D eigenvalue weighted by Gasteiger charge is -2.22. The number of hydrogen-bond donors (Lipinski definition) is 3. The van der Waals surface area contributed by atoms with E-state index in [9.17, 15) is 4.79 Å². The number of carbonyl (C=O) groups excluding carboxylic acids is 1. The van der Waals surface area contributed by atoms with E-state index in [4.69, 9.17) is 22.4 Å². The van der Waals surface area contributed by atoms with Crippen molar-refractivity contribution in [3.05, 3.63) is 35.1 Å². The van der Waals surface area contributed by atoms with Crippen molar-refractivity contribution in [1.29, 1.82) is 0 Å². The van der Waals surface area contributed by atoms with E-state index in [-0.39, 0.29) is 11.9 Å². The second-order valence-electron chi connectivity index (χ2n) is 7.70. The van der Waals surface area contributed by atoms with E-state index in [2.05, 4.69) is 20.3 Å². The van der Waals surface area contributed by atoms with Crippen LogP contribution in [0, 0.1) is 0 Å². The zero-order chi connectivity index (χ0) is 20.8. The number of nitrogens with zero attached hydrogens (tertiary/aromatic N) is 4. The molecule has 8 nitrogen and oxygen atoms in total. The molecule has 9 heteroatoms. The third-order valence-corrected chi connectivity index (χ3v) is 6.29. The molecule has 0 atom stereocenters. The van der Waals surface area contributed by atoms with E-state index in [1.54, 1.807) is 19.2 Å². The largest absolute Gasteiger partial charge is 0.383 e. The maximum absolute atomic E-state index is 12.0. The number of aromatic amines is 1. The number of fused-ring (bicyclic) bond motifs is 2. The SMILES string of the molecule is CNC(=O)c1ccc2c(Cl)c(-c3nn(C4CCCCC4)c4ncnc(N)c34)[nH]c2c1. The highest BCUT2D eigenvalue weighted by molar-refractivity contribution is 6.38. The molecule has 0 unspecified atom stereocenters. The van der Waals surface area contributed by atoms with E-state index in [0.717, 1.165) is 29.4 Å². The van der Waals surface area contributed by atoms with Crippen LogP contribution < -0.4 is 11.1 Å². The summed E-state index contributed by atoms with van der Waals surface area (Å²) in [6.45, 7) is 0. The molecule has 1 aliphatic carbocycles. The monoisotopic (exact) mass is 423 g/mol. The molecule has 30 heavy (non-hydrogen) atoms. The van der Waals surface area contributed by atoms with E-state index in [1.807, 2.05) is 10.7 Å². The Morgan fingerprint density at radius 2 is 2.07 bits per heavy atom. The zero-order valence-electron chi connectivity index (χ0n) is 16.6. The van der Waals surface area contributed by atoms with Gasteiger partial charge in [-0.25, -0.2) is 14.6 Å². The van der Waals surface area contributed by atoms with Gasteiger partial charge in [-0.15, -0.1) is 0 Å². The Morgan fingerprint density at radius 3 is 2.83 bits per heavy atom. The van der Waals surface area contributed by atoms with E-state index < -0.39 is 0 Å². The lowest BCUT2D eigenvalue weighted by molar-refractivity contribution is 0.0963. The van der Waals surface area contributed by atoms with Crippen molar-refractivity contribution in [2.45, 2.75) is 38.1 Å². The number of nitrogens with two attached hydrogens (primary N) is 1. The Hall–Kier alpha value is -3.13. The van der Waals surface area contributed by atoms with Gasteiger partial charge < -0.3 is 16.0 Å². The summed E-state index contributed by atoms with van der Waals surface area (Å²) < 4.78 is 1.99. The molecule has 4 N–H and O–H groups in total. The summed E-state index contributed by atoms with van der Waals surface area (Å²) >= 11 is 6.74. The number of nitrogens with one attached hydrogen (secondary N) is 2. The summed E-state index contributed by atoms with van der Waals surface area (Å²) in [4.78, 5) is 24.0. The van der Waals surface area contributed by atoms with Gasteiger partial charge in [0.2, 0.25) is 0 Å². The molecule has 3 heterocycles. The number of rotatable bonds is 3. The van der Waals surface area contributed by atoms with Gasteiger partial charge in [0.25, 0.3) is 5.91 Å². The predicted octanol–water partition coefficient (Wildman–Crippen LogP) is 4.08. The molecule has 0 spiro atoms. The molecule has 154 valence electrons. The number of halogens is 1. The van der Waals surface area contributed by atoms with Crippen LogP contribution in [-0.4, -0.2) is 37.7 Å². The molecule has 0 radical (unpaired) electrons. The van der Waals surface area contributed by atoms with Gasteiger partial charge in [0.05, 0.1) is 22.1 Å². The maximum Gasteiger partial charge on any atom is 0.251 e. The third-order valence-electron chi connectivity index (χ3n) is 5.90. The van der Waals surface area contributed by atoms with Gasteiger partial charge in [-0.3, -0.25) is 4.79 Å². The van der Waals surface area contributed by atoms with Gasteiger partial charge in [0.1, 0.15) is 17.8 Å². The summed E-state index contributed by atoms with van der Waals surface area (Å²) in [5.41, 5.74) is 9.57. The summed E-state index contributed by atoms with van der Waals surface area (Å²) in [6.07, 6.45) is 7.22. The molecule has 1 aromatic carbocycles. The van der Waals surface area contributed by atoms with Gasteiger partial charge >= 0.3 is 0 Å². The Bertz CT molecular complexity index is 1270. The van der Waals surface area contributed by atoms with Crippen LogP contribution in [0.25, 0.3) is 33.3 Å². The molecule has 0 saturated heterocycles. The highest BCUT2D eigenvalue weighted by atomic mass is 35.5. The average molecular weight is 424 g/mol. The minimum atomic E-state index is -0.158. The van der Waals surface area contributed by atoms with Gasteiger partial charge in [-0.2, -0.15) is 5.10 Å². The third kappa shape index (κ3) is 2.90. The fourth-order valence-corrected chi connectivity index (χ4v) is 4.66. The van der Waals surface area contributed by atoms with E-state index >= 15 is 0 Å². The number of aromatic nitrogens is 5. The summed E-state index contributed by atoms with van der Waals surface area (Å²) in [5.74, 6) is 0.215. The van der Waals surface area contributed by atoms with Crippen molar-refractivity contribution in [3.8, 4) is 11.4 Å². The molecule has 5 rings (SSSR count). The first-order chi connectivity index (χ1) is 14.6. The van der Waals surface area contributed by atoms with Gasteiger partial charge in [-0.1, -0.05) is 36.9 Å². The van der Waals surface area contributed by atoms with Crippen molar-refractivity contribution in [2.24, 2.45) is 0 Å². The molecular formula is C21H22ClN7O. The van der Waals surface area contributed by atoms with Crippen LogP contribution in [0.1, 0.15) is 48.5 Å². The quantitative estimate of drug-likeness (QED) is 0.459. The molecule has 1 fully saturated rings. The van der Waals surface area contributed by atoms with Crippen LogP contribution in [0.4, 0.5) is 5.82 Å². The second-order valence-corrected chi connectivity index (χ2v) is 8.07. The number of amides is 1. The molecule has 1 amide bonds. The Kier molecular flexibility index (Phi) is 4.58. The molecular weight excluding hydrogens is 402 g/mol. The molecule has 4 aromatic rings. The molecule has 1 aliphatic rings. The van der Waals surface area contributed by atoms with Crippen molar-refractivity contribution in [1.82, 2.24) is 30.0 Å². The van der Waals surface area contributed by atoms with Crippen molar-refractivity contribution >= 4 is 45.3 Å². The fourth-order valence-electron chi connectivity index (χ4n) is 4.36. The van der Waals surface area contributed by atoms with Gasteiger partial charge in [-0.05, 0) is 25.0 Å². The zero-order valence-corrected chi connectivity index (χ0v) is 17.3. The highest BCUT2D eigenvalue weighted by Crippen LogP contribution is 2.40. The number of anilines is 1. The number of hydrogen-bond acceptors (Lipinski definition) is 5. The van der Waals surface area contributed by atoms with Gasteiger partial charge in [0.15, 0.2) is 5.65 Å². The highest BCUT2D eigenvalue weighted by Gasteiger charge is 2.26. The van der Waals surface area contributed by atoms with Crippen LogP contribution in [-0.2, 0) is 0 Å². The van der Waals surface area contributed by atoms with Crippen molar-refractivity contribution < 1.29 is 4.79 Å². The number of H-pyrrole nitrogens is 1. The first-order valence-electron chi connectivity index (χ1n) is 10.1. The summed E-state index contributed by atoms with van der Waals surface area (Å²) in [7, 11) is 1.60. The molecule has 0 bridgehead atoms.